The first-order valence-electron chi connectivity index (χ1n) is 16.7. The van der Waals surface area contributed by atoms with Crippen LogP contribution in [0.4, 0.5) is 4.79 Å². The molecule has 2 N–H and O–H groups in total. The number of carbonyl (C=O) groups is 6. The molecule has 0 aliphatic carbocycles. The Bertz CT molecular complexity index is 1930. The van der Waals surface area contributed by atoms with E-state index in [1.54, 1.807) is 68.6 Å². The fourth-order valence-electron chi connectivity index (χ4n) is 5.94. The molecule has 0 radical (unpaired) electrons. The number of β-lactam (4-membered cyclic amide) rings is 1. The highest BCUT2D eigenvalue weighted by Crippen LogP contribution is 2.45. The maximum Gasteiger partial charge on any atom is 0.356 e. The van der Waals surface area contributed by atoms with Crippen molar-refractivity contribution in [1.82, 2.24) is 25.3 Å². The normalized spacial score (nSPS) is 18.9. The van der Waals surface area contributed by atoms with Gasteiger partial charge >= 0.3 is 23.8 Å². The van der Waals surface area contributed by atoms with Gasteiger partial charge in [0, 0.05) is 41.1 Å². The molecular formula is C37H36ClN5O8S2. The SMILES string of the molecule is CCN1CCN(C(=O)NC(C(=O)N[C@@H]2C(=O)N3C(C(=O)OCc4ccc(OC)cc4)=C(Sc4ccc(CCl)cc4)CS[C@@H]23)c2ccccc2)C(=O)C1=O. The molecule has 1 unspecified atom stereocenters. The monoisotopic (exact) mass is 777 g/mol. The number of alkyl halides is 1. The molecule has 3 aliphatic heterocycles. The third kappa shape index (κ3) is 8.16. The highest BCUT2D eigenvalue weighted by atomic mass is 35.5. The molecule has 3 aromatic carbocycles. The van der Waals surface area contributed by atoms with Crippen LogP contribution in [0.15, 0.2) is 94.4 Å². The van der Waals surface area contributed by atoms with Crippen LogP contribution < -0.4 is 15.4 Å². The molecule has 3 atom stereocenters. The van der Waals surface area contributed by atoms with Crippen LogP contribution in [0.3, 0.4) is 0 Å². The molecule has 13 nitrogen and oxygen atoms in total. The summed E-state index contributed by atoms with van der Waals surface area (Å²) < 4.78 is 10.9. The number of urea groups is 1. The summed E-state index contributed by atoms with van der Waals surface area (Å²) in [5.41, 5.74) is 2.14. The van der Waals surface area contributed by atoms with Crippen molar-refractivity contribution in [3.63, 3.8) is 0 Å². The number of amides is 6. The Morgan fingerprint density at radius 2 is 1.64 bits per heavy atom. The first-order valence-corrected chi connectivity index (χ1v) is 19.1. The number of nitrogens with zero attached hydrogens (tertiary/aromatic N) is 3. The number of methoxy groups -OCH3 is 1. The summed E-state index contributed by atoms with van der Waals surface area (Å²) in [6.45, 7) is 2.13. The van der Waals surface area contributed by atoms with Gasteiger partial charge < -0.3 is 25.0 Å². The van der Waals surface area contributed by atoms with E-state index in [9.17, 15) is 28.8 Å². The number of piperazine rings is 1. The highest BCUT2D eigenvalue weighted by Gasteiger charge is 2.55. The van der Waals surface area contributed by atoms with Crippen molar-refractivity contribution >= 4 is 70.8 Å². The van der Waals surface area contributed by atoms with Crippen molar-refractivity contribution in [2.75, 3.05) is 32.5 Å². The summed E-state index contributed by atoms with van der Waals surface area (Å²) in [4.78, 5) is 85.0. The number of esters is 1. The lowest BCUT2D eigenvalue weighted by Gasteiger charge is -2.49. The minimum Gasteiger partial charge on any atom is -0.497 e. The van der Waals surface area contributed by atoms with E-state index in [1.807, 2.05) is 24.3 Å². The standard InChI is InChI=1S/C37H36ClN5O8S2/c1-3-41-17-18-42(34(47)33(41)46)37(49)40-28(24-7-5-4-6-8-24)31(44)39-29-32(45)43-30(36(48)51-20-23-9-13-25(50-2)14-10-23)27(21-52-35(29)43)53-26-15-11-22(19-38)12-16-26/h4-16,28-29,35H,3,17-21H2,1-2H3,(H,39,44)(H,40,49)/t28?,29-,35+/m1/s1. The molecule has 6 amide bonds. The predicted molar refractivity (Wildman–Crippen MR) is 198 cm³/mol. The number of thioether (sulfide) groups is 2. The van der Waals surface area contributed by atoms with Gasteiger partial charge in [-0.25, -0.2) is 9.59 Å². The number of ether oxygens (including phenoxy) is 2. The van der Waals surface area contributed by atoms with Gasteiger partial charge in [-0.3, -0.25) is 29.0 Å². The second kappa shape index (κ2) is 16.8. The topological polar surface area (TPSA) is 155 Å². The second-order valence-corrected chi connectivity index (χ2v) is 14.6. The average molecular weight is 778 g/mol. The van der Waals surface area contributed by atoms with E-state index in [0.717, 1.165) is 20.9 Å². The van der Waals surface area contributed by atoms with Gasteiger partial charge in [0.1, 0.15) is 35.5 Å². The van der Waals surface area contributed by atoms with E-state index in [1.165, 1.54) is 33.3 Å². The predicted octanol–water partition coefficient (Wildman–Crippen LogP) is 4.02. The molecular weight excluding hydrogens is 742 g/mol. The summed E-state index contributed by atoms with van der Waals surface area (Å²) in [6.07, 6.45) is 0. The van der Waals surface area contributed by atoms with Crippen LogP contribution in [0, 0.1) is 0 Å². The maximum absolute atomic E-state index is 13.9. The number of hydrogen-bond acceptors (Lipinski definition) is 10. The van der Waals surface area contributed by atoms with Crippen LogP contribution >= 0.6 is 35.1 Å². The lowest BCUT2D eigenvalue weighted by atomic mass is 10.0. The largest absolute Gasteiger partial charge is 0.497 e. The molecule has 2 fully saturated rings. The minimum absolute atomic E-state index is 0.0387. The minimum atomic E-state index is -1.31. The molecule has 0 aromatic heterocycles. The van der Waals surface area contributed by atoms with Gasteiger partial charge in [-0.1, -0.05) is 66.4 Å². The van der Waals surface area contributed by atoms with E-state index in [-0.39, 0.29) is 25.4 Å². The lowest BCUT2D eigenvalue weighted by Crippen LogP contribution is -2.71. The molecule has 0 saturated carbocycles. The summed E-state index contributed by atoms with van der Waals surface area (Å²) in [5, 5.41) is 4.70. The molecule has 2 saturated heterocycles. The van der Waals surface area contributed by atoms with E-state index in [4.69, 9.17) is 21.1 Å². The summed E-state index contributed by atoms with van der Waals surface area (Å²) in [7, 11) is 1.56. The molecule has 6 rings (SSSR count). The van der Waals surface area contributed by atoms with Gasteiger partial charge in [-0.2, -0.15) is 0 Å². The Hall–Kier alpha value is -4.99. The van der Waals surface area contributed by atoms with E-state index >= 15 is 0 Å². The molecule has 16 heteroatoms. The Labute approximate surface area is 319 Å². The number of hydrogen-bond donors (Lipinski definition) is 2. The molecule has 3 heterocycles. The van der Waals surface area contributed by atoms with Crippen LogP contribution in [-0.4, -0.2) is 94.2 Å². The summed E-state index contributed by atoms with van der Waals surface area (Å²) >= 11 is 8.68. The Morgan fingerprint density at radius 1 is 0.943 bits per heavy atom. The molecule has 0 spiro atoms. The van der Waals surface area contributed by atoms with Gasteiger partial charge in [0.25, 0.3) is 5.91 Å². The number of fused-ring (bicyclic) bond motifs is 1. The zero-order valence-corrected chi connectivity index (χ0v) is 31.2. The maximum atomic E-state index is 13.9. The number of carbonyl (C=O) groups excluding carboxylic acids is 6. The Morgan fingerprint density at radius 3 is 2.30 bits per heavy atom. The van der Waals surface area contributed by atoms with Crippen LogP contribution in [0.1, 0.15) is 29.7 Å². The number of likely N-dealkylation sites (N-methyl/N-ethyl adjacent to an activating group) is 1. The van der Waals surface area contributed by atoms with Crippen LogP contribution in [-0.2, 0) is 41.2 Å². The zero-order valence-electron chi connectivity index (χ0n) is 28.8. The lowest BCUT2D eigenvalue weighted by molar-refractivity contribution is -0.153. The third-order valence-corrected chi connectivity index (χ3v) is 11.7. The molecule has 276 valence electrons. The van der Waals surface area contributed by atoms with E-state index in [0.29, 0.717) is 34.4 Å². The van der Waals surface area contributed by atoms with E-state index in [2.05, 4.69) is 10.6 Å². The van der Waals surface area contributed by atoms with Crippen molar-refractivity contribution in [2.45, 2.75) is 41.8 Å². The quantitative estimate of drug-likeness (QED) is 0.119. The van der Waals surface area contributed by atoms with Crippen LogP contribution in [0.2, 0.25) is 0 Å². The molecule has 3 aromatic rings. The molecule has 53 heavy (non-hydrogen) atoms. The number of rotatable bonds is 12. The first kappa shape index (κ1) is 37.8. The first-order chi connectivity index (χ1) is 25.6. The van der Waals surface area contributed by atoms with Crippen LogP contribution in [0.5, 0.6) is 5.75 Å². The average Bonchev–Trinajstić information content (AvgIpc) is 3.19. The molecule has 3 aliphatic rings. The van der Waals surface area contributed by atoms with Gasteiger partial charge in [0.2, 0.25) is 5.91 Å². The van der Waals surface area contributed by atoms with Crippen molar-refractivity contribution < 1.29 is 38.2 Å². The van der Waals surface area contributed by atoms with Gasteiger partial charge in [0.15, 0.2) is 0 Å². The fourth-order valence-corrected chi connectivity index (χ4v) is 8.59. The number of halogens is 1. The molecule has 0 bridgehead atoms. The van der Waals surface area contributed by atoms with Crippen molar-refractivity contribution in [1.29, 1.82) is 0 Å². The van der Waals surface area contributed by atoms with Gasteiger partial charge in [0.05, 0.1) is 7.11 Å². The number of nitrogens with one attached hydrogen (secondary N) is 2. The summed E-state index contributed by atoms with van der Waals surface area (Å²) in [5.74, 6) is -2.38. The smallest absolute Gasteiger partial charge is 0.356 e. The van der Waals surface area contributed by atoms with Crippen molar-refractivity contribution in [3.05, 3.63) is 106 Å². The Kier molecular flexibility index (Phi) is 12.0. The van der Waals surface area contributed by atoms with Gasteiger partial charge in [-0.05, 0) is 47.9 Å². The van der Waals surface area contributed by atoms with Crippen molar-refractivity contribution in [2.24, 2.45) is 0 Å². The van der Waals surface area contributed by atoms with E-state index < -0.39 is 53.1 Å². The van der Waals surface area contributed by atoms with Crippen LogP contribution in [0.25, 0.3) is 0 Å². The Balaban J connectivity index is 1.21. The fraction of sp³-hybridized carbons (Fsp3) is 0.297. The van der Waals surface area contributed by atoms with Gasteiger partial charge in [-0.15, -0.1) is 23.4 Å². The highest BCUT2D eigenvalue weighted by molar-refractivity contribution is 8.06. The second-order valence-electron chi connectivity index (χ2n) is 12.1. The van der Waals surface area contributed by atoms with Crippen molar-refractivity contribution in [3.8, 4) is 5.75 Å². The number of benzene rings is 3. The number of imide groups is 1. The third-order valence-electron chi connectivity index (χ3n) is 8.87. The zero-order chi connectivity index (χ0) is 37.6. The summed E-state index contributed by atoms with van der Waals surface area (Å²) in [6, 6.07) is 19.7.